The van der Waals surface area contributed by atoms with E-state index in [4.69, 9.17) is 5.73 Å². The van der Waals surface area contributed by atoms with Crippen LogP contribution in [0.1, 0.15) is 30.1 Å². The molecule has 1 aromatic carbocycles. The van der Waals surface area contributed by atoms with Crippen molar-refractivity contribution >= 4 is 17.6 Å². The molecule has 3 N–H and O–H groups in total. The summed E-state index contributed by atoms with van der Waals surface area (Å²) in [7, 11) is 1.73. The Balaban J connectivity index is 1.99. The van der Waals surface area contributed by atoms with E-state index in [1.54, 1.807) is 11.9 Å². The molecular formula is C17H23N5O2. The molecule has 7 heteroatoms. The van der Waals surface area contributed by atoms with Gasteiger partial charge in [-0.2, -0.15) is 5.10 Å². The molecular weight excluding hydrogens is 306 g/mol. The van der Waals surface area contributed by atoms with Crippen LogP contribution in [0.25, 0.3) is 5.69 Å². The minimum absolute atomic E-state index is 0.0605. The fourth-order valence-electron chi connectivity index (χ4n) is 2.21. The van der Waals surface area contributed by atoms with E-state index in [0.717, 1.165) is 18.5 Å². The Morgan fingerprint density at radius 2 is 2.00 bits per heavy atom. The zero-order valence-corrected chi connectivity index (χ0v) is 14.0. The Morgan fingerprint density at radius 3 is 2.67 bits per heavy atom. The van der Waals surface area contributed by atoms with Gasteiger partial charge in [0.1, 0.15) is 11.4 Å². The van der Waals surface area contributed by atoms with E-state index in [1.165, 1.54) is 10.9 Å². The quantitative estimate of drug-likeness (QED) is 0.804. The Morgan fingerprint density at radius 1 is 1.29 bits per heavy atom. The van der Waals surface area contributed by atoms with Gasteiger partial charge in [-0.1, -0.05) is 31.5 Å². The fraction of sp³-hybridized carbons (Fsp3) is 0.353. The summed E-state index contributed by atoms with van der Waals surface area (Å²) in [4.78, 5) is 25.8. The number of nitrogens with one attached hydrogen (secondary N) is 1. The van der Waals surface area contributed by atoms with Crippen LogP contribution >= 0.6 is 0 Å². The third-order valence-corrected chi connectivity index (χ3v) is 3.72. The molecule has 0 saturated carbocycles. The molecule has 0 unspecified atom stereocenters. The van der Waals surface area contributed by atoms with Crippen molar-refractivity contribution in [1.29, 1.82) is 0 Å². The number of nitrogen functional groups attached to an aromatic ring is 1. The van der Waals surface area contributed by atoms with Crippen molar-refractivity contribution < 1.29 is 9.59 Å². The third kappa shape index (κ3) is 4.13. The van der Waals surface area contributed by atoms with Crippen LogP contribution in [-0.2, 0) is 4.79 Å². The number of hydrogen-bond donors (Lipinski definition) is 2. The van der Waals surface area contributed by atoms with Gasteiger partial charge in [-0.15, -0.1) is 0 Å². The number of anilines is 1. The molecule has 7 nitrogen and oxygen atoms in total. The minimum atomic E-state index is -0.410. The van der Waals surface area contributed by atoms with E-state index < -0.39 is 5.91 Å². The van der Waals surface area contributed by atoms with Gasteiger partial charge in [0.15, 0.2) is 0 Å². The largest absolute Gasteiger partial charge is 0.383 e. The topological polar surface area (TPSA) is 93.2 Å². The number of hydrogen-bond acceptors (Lipinski definition) is 4. The molecule has 1 aromatic heterocycles. The van der Waals surface area contributed by atoms with Crippen LogP contribution in [0.3, 0.4) is 0 Å². The molecule has 0 aliphatic heterocycles. The summed E-state index contributed by atoms with van der Waals surface area (Å²) in [6.07, 6.45) is 3.36. The van der Waals surface area contributed by atoms with Gasteiger partial charge in [0, 0.05) is 13.6 Å². The highest BCUT2D eigenvalue weighted by Gasteiger charge is 2.17. The van der Waals surface area contributed by atoms with Crippen molar-refractivity contribution in [3.8, 4) is 5.69 Å². The average molecular weight is 329 g/mol. The van der Waals surface area contributed by atoms with Crippen molar-refractivity contribution in [3.63, 3.8) is 0 Å². The minimum Gasteiger partial charge on any atom is -0.383 e. The second kappa shape index (κ2) is 8.14. The molecule has 1 heterocycles. The predicted molar refractivity (Wildman–Crippen MR) is 92.9 cm³/mol. The van der Waals surface area contributed by atoms with Crippen molar-refractivity contribution in [1.82, 2.24) is 20.0 Å². The maximum absolute atomic E-state index is 12.2. The second-order valence-electron chi connectivity index (χ2n) is 5.54. The highest BCUT2D eigenvalue weighted by molar-refractivity contribution is 6.00. The monoisotopic (exact) mass is 329 g/mol. The molecule has 0 saturated heterocycles. The first-order valence-electron chi connectivity index (χ1n) is 7.95. The van der Waals surface area contributed by atoms with E-state index in [0.29, 0.717) is 6.54 Å². The number of aromatic nitrogens is 2. The highest BCUT2D eigenvalue weighted by atomic mass is 16.2. The van der Waals surface area contributed by atoms with Crippen molar-refractivity contribution in [2.24, 2.45) is 0 Å². The van der Waals surface area contributed by atoms with E-state index in [1.807, 2.05) is 30.3 Å². The van der Waals surface area contributed by atoms with Crippen LogP contribution in [0.15, 0.2) is 36.5 Å². The number of nitrogens with zero attached hydrogens (tertiary/aromatic N) is 3. The maximum atomic E-state index is 12.2. The summed E-state index contributed by atoms with van der Waals surface area (Å²) in [6, 6.07) is 9.30. The lowest BCUT2D eigenvalue weighted by atomic mass is 10.3. The number of para-hydroxylation sites is 1. The lowest BCUT2D eigenvalue weighted by Crippen LogP contribution is -2.38. The van der Waals surface area contributed by atoms with Crippen LogP contribution in [0.5, 0.6) is 0 Å². The lowest BCUT2D eigenvalue weighted by Gasteiger charge is -2.16. The molecule has 2 aromatic rings. The summed E-state index contributed by atoms with van der Waals surface area (Å²) in [5.74, 6) is -0.303. The highest BCUT2D eigenvalue weighted by Crippen LogP contribution is 2.16. The number of benzene rings is 1. The molecule has 0 radical (unpaired) electrons. The van der Waals surface area contributed by atoms with Gasteiger partial charge in [0.25, 0.3) is 5.91 Å². The third-order valence-electron chi connectivity index (χ3n) is 3.72. The molecule has 0 fully saturated rings. The van der Waals surface area contributed by atoms with E-state index in [9.17, 15) is 9.59 Å². The Labute approximate surface area is 141 Å². The first kappa shape index (κ1) is 17.5. The van der Waals surface area contributed by atoms with Crippen molar-refractivity contribution in [2.75, 3.05) is 25.9 Å². The maximum Gasteiger partial charge on any atom is 0.257 e. The van der Waals surface area contributed by atoms with Crippen molar-refractivity contribution in [2.45, 2.75) is 19.8 Å². The van der Waals surface area contributed by atoms with Crippen LogP contribution in [-0.4, -0.2) is 46.6 Å². The SMILES string of the molecule is CCCCN(C)C(=O)CNC(=O)c1cnn(-c2ccccc2)c1N. The number of nitrogens with two attached hydrogens (primary N) is 1. The summed E-state index contributed by atoms with van der Waals surface area (Å²) in [5.41, 5.74) is 7.03. The summed E-state index contributed by atoms with van der Waals surface area (Å²) < 4.78 is 1.49. The summed E-state index contributed by atoms with van der Waals surface area (Å²) in [5, 5.41) is 6.74. The Bertz CT molecular complexity index is 696. The normalized spacial score (nSPS) is 10.4. The number of unbranched alkanes of at least 4 members (excludes halogenated alkanes) is 1. The second-order valence-corrected chi connectivity index (χ2v) is 5.54. The number of rotatable bonds is 7. The summed E-state index contributed by atoms with van der Waals surface area (Å²) >= 11 is 0. The van der Waals surface area contributed by atoms with Crippen LogP contribution in [0.2, 0.25) is 0 Å². The first-order chi connectivity index (χ1) is 11.5. The van der Waals surface area contributed by atoms with Gasteiger partial charge < -0.3 is 16.0 Å². The van der Waals surface area contributed by atoms with Gasteiger partial charge >= 0.3 is 0 Å². The molecule has 0 spiro atoms. The zero-order valence-electron chi connectivity index (χ0n) is 14.0. The summed E-state index contributed by atoms with van der Waals surface area (Å²) in [6.45, 7) is 2.68. The van der Waals surface area contributed by atoms with Crippen molar-refractivity contribution in [3.05, 3.63) is 42.1 Å². The van der Waals surface area contributed by atoms with Gasteiger partial charge in [-0.25, -0.2) is 4.68 Å². The number of amides is 2. The van der Waals surface area contributed by atoms with Gasteiger partial charge in [-0.05, 0) is 18.6 Å². The zero-order chi connectivity index (χ0) is 17.5. The smallest absolute Gasteiger partial charge is 0.257 e. The molecule has 128 valence electrons. The average Bonchev–Trinajstić information content (AvgIpc) is 2.99. The standard InChI is InChI=1S/C17H23N5O2/c1-3-4-10-21(2)15(23)12-19-17(24)14-11-20-22(16(14)18)13-8-6-5-7-9-13/h5-9,11H,3-4,10,12,18H2,1-2H3,(H,19,24). The van der Waals surface area contributed by atoms with Gasteiger partial charge in [0.2, 0.25) is 5.91 Å². The van der Waals surface area contributed by atoms with E-state index in [-0.39, 0.29) is 23.8 Å². The van der Waals surface area contributed by atoms with Gasteiger partial charge in [-0.3, -0.25) is 9.59 Å². The Kier molecular flexibility index (Phi) is 5.95. The Hall–Kier alpha value is -2.83. The molecule has 2 rings (SSSR count). The van der Waals surface area contributed by atoms with Crippen LogP contribution in [0.4, 0.5) is 5.82 Å². The number of likely N-dealkylation sites (N-methyl/N-ethyl adjacent to an activating group) is 1. The van der Waals surface area contributed by atoms with E-state index >= 15 is 0 Å². The predicted octanol–water partition coefficient (Wildman–Crippen LogP) is 1.44. The van der Waals surface area contributed by atoms with Crippen LogP contribution < -0.4 is 11.1 Å². The molecule has 2 amide bonds. The molecule has 0 atom stereocenters. The molecule has 0 aliphatic carbocycles. The van der Waals surface area contributed by atoms with Crippen LogP contribution in [0, 0.1) is 0 Å². The fourth-order valence-corrected chi connectivity index (χ4v) is 2.21. The first-order valence-corrected chi connectivity index (χ1v) is 7.95. The molecule has 0 bridgehead atoms. The molecule has 24 heavy (non-hydrogen) atoms. The molecule has 0 aliphatic rings. The van der Waals surface area contributed by atoms with E-state index in [2.05, 4.69) is 17.3 Å². The van der Waals surface area contributed by atoms with Gasteiger partial charge in [0.05, 0.1) is 18.4 Å². The lowest BCUT2D eigenvalue weighted by molar-refractivity contribution is -0.128. The number of carbonyl (C=O) groups excluding carboxylic acids is 2. The number of carbonyl (C=O) groups is 2.